The topological polar surface area (TPSA) is 38.4 Å². The van der Waals surface area contributed by atoms with Crippen molar-refractivity contribution in [3.8, 4) is 0 Å². The molecule has 5 aliphatic carbocycles. The van der Waals surface area contributed by atoms with E-state index in [2.05, 4.69) is 6.92 Å². The molecular formula is C16H26N2. The lowest BCUT2D eigenvalue weighted by Crippen LogP contribution is -2.50. The SMILES string of the molecule is CC(N=C(N)C1CC1)C12CC3CC(CC(C3)C1)C2. The largest absolute Gasteiger partial charge is 0.387 e. The van der Waals surface area contributed by atoms with Crippen molar-refractivity contribution < 1.29 is 0 Å². The lowest BCUT2D eigenvalue weighted by Gasteiger charge is -2.58. The van der Waals surface area contributed by atoms with Crippen molar-refractivity contribution >= 4 is 5.84 Å². The molecule has 0 amide bonds. The first kappa shape index (κ1) is 11.3. The van der Waals surface area contributed by atoms with Gasteiger partial charge in [0.25, 0.3) is 0 Å². The van der Waals surface area contributed by atoms with E-state index >= 15 is 0 Å². The van der Waals surface area contributed by atoms with Crippen LogP contribution in [0.2, 0.25) is 0 Å². The van der Waals surface area contributed by atoms with Crippen molar-refractivity contribution in [2.24, 2.45) is 39.8 Å². The standard InChI is InChI=1S/C16H26N2/c1-10(18-15(17)14-2-3-14)16-7-11-4-12(8-16)6-13(5-11)9-16/h10-14H,2-9H2,1H3,(H2,17,18). The minimum atomic E-state index is 0.478. The lowest BCUT2D eigenvalue weighted by molar-refractivity contribution is -0.0633. The van der Waals surface area contributed by atoms with Gasteiger partial charge in [-0.05, 0) is 81.5 Å². The molecule has 0 aromatic heterocycles. The minimum absolute atomic E-state index is 0.478. The summed E-state index contributed by atoms with van der Waals surface area (Å²) in [5.74, 6) is 4.68. The predicted molar refractivity (Wildman–Crippen MR) is 74.4 cm³/mol. The zero-order valence-electron chi connectivity index (χ0n) is 11.6. The number of aliphatic imine (C=N–C) groups is 1. The van der Waals surface area contributed by atoms with E-state index in [9.17, 15) is 0 Å². The highest BCUT2D eigenvalue weighted by Crippen LogP contribution is 2.61. The van der Waals surface area contributed by atoms with Gasteiger partial charge in [0.15, 0.2) is 0 Å². The molecule has 5 rings (SSSR count). The van der Waals surface area contributed by atoms with Gasteiger partial charge in [0, 0.05) is 5.92 Å². The van der Waals surface area contributed by atoms with Crippen LogP contribution in [0.15, 0.2) is 4.99 Å². The Balaban J connectivity index is 1.57. The molecule has 0 spiro atoms. The van der Waals surface area contributed by atoms with Crippen LogP contribution in [0.4, 0.5) is 0 Å². The number of nitrogens with zero attached hydrogens (tertiary/aromatic N) is 1. The fourth-order valence-electron chi connectivity index (χ4n) is 5.53. The van der Waals surface area contributed by atoms with Crippen molar-refractivity contribution in [3.63, 3.8) is 0 Å². The van der Waals surface area contributed by atoms with E-state index in [-0.39, 0.29) is 0 Å². The van der Waals surface area contributed by atoms with E-state index in [0.29, 0.717) is 17.4 Å². The minimum Gasteiger partial charge on any atom is -0.387 e. The Labute approximate surface area is 110 Å². The Morgan fingerprint density at radius 3 is 2.00 bits per heavy atom. The molecule has 4 bridgehead atoms. The van der Waals surface area contributed by atoms with E-state index in [1.165, 1.54) is 51.4 Å². The van der Waals surface area contributed by atoms with Crippen molar-refractivity contribution in [2.75, 3.05) is 0 Å². The van der Waals surface area contributed by atoms with Gasteiger partial charge in [-0.3, -0.25) is 4.99 Å². The van der Waals surface area contributed by atoms with Crippen LogP contribution >= 0.6 is 0 Å². The molecule has 5 aliphatic rings. The fraction of sp³-hybridized carbons (Fsp3) is 0.938. The van der Waals surface area contributed by atoms with Gasteiger partial charge in [0.1, 0.15) is 0 Å². The van der Waals surface area contributed by atoms with Crippen molar-refractivity contribution in [3.05, 3.63) is 0 Å². The molecule has 5 saturated carbocycles. The van der Waals surface area contributed by atoms with Gasteiger partial charge in [-0.25, -0.2) is 0 Å². The summed E-state index contributed by atoms with van der Waals surface area (Å²) in [5.41, 5.74) is 6.68. The zero-order chi connectivity index (χ0) is 12.3. The second-order valence-corrected chi connectivity index (χ2v) is 7.78. The summed E-state index contributed by atoms with van der Waals surface area (Å²) < 4.78 is 0. The molecule has 1 atom stereocenters. The van der Waals surface area contributed by atoms with Crippen molar-refractivity contribution in [2.45, 2.75) is 64.3 Å². The molecule has 0 aromatic rings. The highest BCUT2D eigenvalue weighted by Gasteiger charge is 2.53. The van der Waals surface area contributed by atoms with Crippen LogP contribution in [0, 0.1) is 29.1 Å². The quantitative estimate of drug-likeness (QED) is 0.602. The second kappa shape index (κ2) is 3.74. The Morgan fingerprint density at radius 1 is 1.06 bits per heavy atom. The Hall–Kier alpha value is -0.530. The van der Waals surface area contributed by atoms with Crippen LogP contribution in [0.5, 0.6) is 0 Å². The molecule has 0 radical (unpaired) electrons. The Bertz CT molecular complexity index is 345. The molecule has 100 valence electrons. The fourth-order valence-corrected chi connectivity index (χ4v) is 5.53. The number of amidine groups is 1. The first-order valence-electron chi connectivity index (χ1n) is 7.98. The maximum Gasteiger partial charge on any atom is 0.0971 e. The molecule has 0 aromatic carbocycles. The highest BCUT2D eigenvalue weighted by atomic mass is 14.9. The van der Waals surface area contributed by atoms with Crippen LogP contribution in [-0.2, 0) is 0 Å². The monoisotopic (exact) mass is 246 g/mol. The molecule has 2 nitrogen and oxygen atoms in total. The molecule has 0 aliphatic heterocycles. The average Bonchev–Trinajstić information content (AvgIpc) is 3.10. The molecule has 2 N–H and O–H groups in total. The van der Waals surface area contributed by atoms with Gasteiger partial charge in [-0.1, -0.05) is 0 Å². The molecule has 0 heterocycles. The summed E-state index contributed by atoms with van der Waals surface area (Å²) in [4.78, 5) is 4.92. The normalized spacial score (nSPS) is 48.5. The van der Waals surface area contributed by atoms with E-state index in [0.717, 1.165) is 23.6 Å². The summed E-state index contributed by atoms with van der Waals surface area (Å²) in [6.45, 7) is 2.35. The average molecular weight is 246 g/mol. The van der Waals surface area contributed by atoms with Crippen LogP contribution in [-0.4, -0.2) is 11.9 Å². The Kier molecular flexibility index (Phi) is 2.35. The summed E-state index contributed by atoms with van der Waals surface area (Å²) in [6, 6.07) is 0.478. The third kappa shape index (κ3) is 1.71. The molecule has 0 saturated heterocycles. The summed E-state index contributed by atoms with van der Waals surface area (Å²) in [5, 5.41) is 0. The van der Waals surface area contributed by atoms with Gasteiger partial charge in [0.05, 0.1) is 11.9 Å². The first-order valence-corrected chi connectivity index (χ1v) is 7.98. The number of nitrogens with two attached hydrogens (primary N) is 1. The maximum absolute atomic E-state index is 6.15. The summed E-state index contributed by atoms with van der Waals surface area (Å²) in [7, 11) is 0. The third-order valence-electron chi connectivity index (χ3n) is 6.31. The van der Waals surface area contributed by atoms with E-state index < -0.39 is 0 Å². The molecule has 5 fully saturated rings. The van der Waals surface area contributed by atoms with Crippen molar-refractivity contribution in [1.82, 2.24) is 0 Å². The van der Waals surface area contributed by atoms with Gasteiger partial charge < -0.3 is 5.73 Å². The Morgan fingerprint density at radius 2 is 1.56 bits per heavy atom. The zero-order valence-corrected chi connectivity index (χ0v) is 11.6. The smallest absolute Gasteiger partial charge is 0.0971 e. The molecule has 2 heteroatoms. The third-order valence-corrected chi connectivity index (χ3v) is 6.31. The molecule has 1 unspecified atom stereocenters. The first-order chi connectivity index (χ1) is 8.64. The maximum atomic E-state index is 6.15. The number of hydrogen-bond donors (Lipinski definition) is 1. The number of hydrogen-bond acceptors (Lipinski definition) is 1. The van der Waals surface area contributed by atoms with Gasteiger partial charge >= 0.3 is 0 Å². The van der Waals surface area contributed by atoms with Gasteiger partial charge in [0.2, 0.25) is 0 Å². The van der Waals surface area contributed by atoms with E-state index in [1.807, 2.05) is 0 Å². The number of rotatable bonds is 3. The molecular weight excluding hydrogens is 220 g/mol. The van der Waals surface area contributed by atoms with Crippen LogP contribution in [0.1, 0.15) is 58.3 Å². The van der Waals surface area contributed by atoms with Gasteiger partial charge in [-0.15, -0.1) is 0 Å². The van der Waals surface area contributed by atoms with Crippen LogP contribution < -0.4 is 5.73 Å². The highest BCUT2D eigenvalue weighted by molar-refractivity contribution is 5.85. The van der Waals surface area contributed by atoms with Crippen LogP contribution in [0.25, 0.3) is 0 Å². The molecule has 18 heavy (non-hydrogen) atoms. The summed E-state index contributed by atoms with van der Waals surface area (Å²) in [6.07, 6.45) is 11.5. The van der Waals surface area contributed by atoms with E-state index in [4.69, 9.17) is 10.7 Å². The second-order valence-electron chi connectivity index (χ2n) is 7.78. The van der Waals surface area contributed by atoms with Gasteiger partial charge in [-0.2, -0.15) is 0 Å². The van der Waals surface area contributed by atoms with Crippen LogP contribution in [0.3, 0.4) is 0 Å². The lowest BCUT2D eigenvalue weighted by atomic mass is 9.48. The predicted octanol–water partition coefficient (Wildman–Crippen LogP) is 3.36. The van der Waals surface area contributed by atoms with Crippen molar-refractivity contribution in [1.29, 1.82) is 0 Å². The summed E-state index contributed by atoms with van der Waals surface area (Å²) >= 11 is 0. The van der Waals surface area contributed by atoms with E-state index in [1.54, 1.807) is 0 Å².